The molecule has 3 heterocycles. The largest absolute Gasteiger partial charge is 0.331 e. The van der Waals surface area contributed by atoms with E-state index in [9.17, 15) is 9.59 Å². The third-order valence-electron chi connectivity index (χ3n) is 3.85. The molecule has 2 aliphatic heterocycles. The van der Waals surface area contributed by atoms with Gasteiger partial charge in [0.25, 0.3) is 0 Å². The number of hydrogen-bond acceptors (Lipinski definition) is 3. The fourth-order valence-electron chi connectivity index (χ4n) is 2.91. The summed E-state index contributed by atoms with van der Waals surface area (Å²) in [5.41, 5.74) is 1.82. The van der Waals surface area contributed by atoms with Crippen molar-refractivity contribution in [2.75, 3.05) is 18.0 Å². The van der Waals surface area contributed by atoms with Crippen LogP contribution < -0.4 is 4.90 Å². The topological polar surface area (TPSA) is 53.5 Å². The van der Waals surface area contributed by atoms with Crippen molar-refractivity contribution in [2.24, 2.45) is 0 Å². The summed E-state index contributed by atoms with van der Waals surface area (Å²) >= 11 is 0. The number of fused-ring (bicyclic) bond motifs is 1. The van der Waals surface area contributed by atoms with Crippen LogP contribution >= 0.6 is 0 Å². The van der Waals surface area contributed by atoms with Crippen LogP contribution in [0.5, 0.6) is 0 Å². The summed E-state index contributed by atoms with van der Waals surface area (Å²) in [5.74, 6) is 0.134. The normalized spacial score (nSPS) is 23.5. The quantitative estimate of drug-likeness (QED) is 0.759. The van der Waals surface area contributed by atoms with E-state index >= 15 is 0 Å². The summed E-state index contributed by atoms with van der Waals surface area (Å²) in [7, 11) is 0. The van der Waals surface area contributed by atoms with Gasteiger partial charge in [0, 0.05) is 25.7 Å². The van der Waals surface area contributed by atoms with Gasteiger partial charge in [0.1, 0.15) is 6.04 Å². The maximum Gasteiger partial charge on any atom is 0.249 e. The number of aromatic nitrogens is 1. The molecule has 2 amide bonds. The molecule has 1 aromatic heterocycles. The second-order valence-corrected chi connectivity index (χ2v) is 5.21. The summed E-state index contributed by atoms with van der Waals surface area (Å²) in [5, 5.41) is 0. The van der Waals surface area contributed by atoms with Gasteiger partial charge in [-0.1, -0.05) is 0 Å². The van der Waals surface area contributed by atoms with E-state index in [0.717, 1.165) is 30.6 Å². The smallest absolute Gasteiger partial charge is 0.249 e. The number of aryl methyl sites for hydroxylation is 1. The van der Waals surface area contributed by atoms with Crippen molar-refractivity contribution in [1.29, 1.82) is 0 Å². The number of pyridine rings is 1. The average molecular weight is 259 g/mol. The Morgan fingerprint density at radius 2 is 2.11 bits per heavy atom. The number of carbonyl (C=O) groups excluding carboxylic acids is 2. The van der Waals surface area contributed by atoms with E-state index in [2.05, 4.69) is 4.98 Å². The lowest BCUT2D eigenvalue weighted by Gasteiger charge is -2.25. The van der Waals surface area contributed by atoms with Crippen LogP contribution in [0.1, 0.15) is 24.8 Å². The minimum atomic E-state index is -0.268. The fraction of sp³-hybridized carbons (Fsp3) is 0.500. The van der Waals surface area contributed by atoms with Crippen molar-refractivity contribution >= 4 is 17.5 Å². The van der Waals surface area contributed by atoms with Crippen LogP contribution in [-0.2, 0) is 9.59 Å². The molecule has 3 rings (SSSR count). The van der Waals surface area contributed by atoms with Crippen LogP contribution in [0.3, 0.4) is 0 Å². The van der Waals surface area contributed by atoms with E-state index < -0.39 is 0 Å². The molecular formula is C14H17N3O2. The second-order valence-electron chi connectivity index (χ2n) is 5.21. The molecule has 0 aliphatic carbocycles. The Balaban J connectivity index is 1.94. The number of carbonyl (C=O) groups is 2. The fourth-order valence-corrected chi connectivity index (χ4v) is 2.91. The maximum absolute atomic E-state index is 12.6. The molecule has 0 N–H and O–H groups in total. The molecule has 2 fully saturated rings. The molecule has 0 radical (unpaired) electrons. The number of rotatable bonds is 1. The SMILES string of the molecule is Cc1cncc(N2CCC(=O)N3CCCC3C2=O)c1. The first kappa shape index (κ1) is 12.1. The van der Waals surface area contributed by atoms with Crippen LogP contribution in [0.4, 0.5) is 5.69 Å². The van der Waals surface area contributed by atoms with Crippen LogP contribution in [0, 0.1) is 6.92 Å². The van der Waals surface area contributed by atoms with E-state index in [1.807, 2.05) is 13.0 Å². The molecule has 100 valence electrons. The van der Waals surface area contributed by atoms with Gasteiger partial charge in [0.2, 0.25) is 11.8 Å². The van der Waals surface area contributed by atoms with E-state index in [-0.39, 0.29) is 17.9 Å². The van der Waals surface area contributed by atoms with Gasteiger partial charge in [-0.2, -0.15) is 0 Å². The van der Waals surface area contributed by atoms with Crippen LogP contribution in [0.2, 0.25) is 0 Å². The predicted octanol–water partition coefficient (Wildman–Crippen LogP) is 1.12. The molecule has 0 aromatic carbocycles. The lowest BCUT2D eigenvalue weighted by Crippen LogP contribution is -2.43. The molecule has 0 saturated carbocycles. The Bertz CT molecular complexity index is 529. The van der Waals surface area contributed by atoms with Crippen molar-refractivity contribution in [3.8, 4) is 0 Å². The lowest BCUT2D eigenvalue weighted by molar-refractivity contribution is -0.135. The highest BCUT2D eigenvalue weighted by molar-refractivity contribution is 6.01. The Morgan fingerprint density at radius 3 is 2.89 bits per heavy atom. The molecule has 1 unspecified atom stereocenters. The molecule has 2 saturated heterocycles. The second kappa shape index (κ2) is 4.64. The van der Waals surface area contributed by atoms with Gasteiger partial charge in [-0.3, -0.25) is 14.6 Å². The summed E-state index contributed by atoms with van der Waals surface area (Å²) in [4.78, 5) is 32.2. The van der Waals surface area contributed by atoms with Crippen LogP contribution in [-0.4, -0.2) is 40.8 Å². The van der Waals surface area contributed by atoms with Crippen molar-refractivity contribution in [2.45, 2.75) is 32.2 Å². The zero-order chi connectivity index (χ0) is 13.4. The van der Waals surface area contributed by atoms with E-state index in [0.29, 0.717) is 13.0 Å². The van der Waals surface area contributed by atoms with Gasteiger partial charge < -0.3 is 9.80 Å². The molecule has 0 bridgehead atoms. The predicted molar refractivity (Wildman–Crippen MR) is 70.7 cm³/mol. The van der Waals surface area contributed by atoms with Gasteiger partial charge in [0.15, 0.2) is 0 Å². The first-order valence-electron chi connectivity index (χ1n) is 6.69. The van der Waals surface area contributed by atoms with Gasteiger partial charge in [-0.05, 0) is 31.4 Å². The minimum Gasteiger partial charge on any atom is -0.331 e. The molecule has 1 atom stereocenters. The van der Waals surface area contributed by atoms with Crippen LogP contribution in [0.15, 0.2) is 18.5 Å². The first-order valence-corrected chi connectivity index (χ1v) is 6.69. The molecule has 5 heteroatoms. The number of nitrogens with zero attached hydrogens (tertiary/aromatic N) is 3. The minimum absolute atomic E-state index is 0.0377. The summed E-state index contributed by atoms with van der Waals surface area (Å²) in [6.07, 6.45) is 5.55. The lowest BCUT2D eigenvalue weighted by atomic mass is 10.2. The van der Waals surface area contributed by atoms with Gasteiger partial charge in [0.05, 0.1) is 11.9 Å². The monoisotopic (exact) mass is 259 g/mol. The summed E-state index contributed by atoms with van der Waals surface area (Å²) in [6, 6.07) is 1.68. The molecular weight excluding hydrogens is 242 g/mol. The molecule has 5 nitrogen and oxygen atoms in total. The van der Waals surface area contributed by atoms with E-state index in [1.54, 1.807) is 22.2 Å². The number of amides is 2. The first-order chi connectivity index (χ1) is 9.16. The third kappa shape index (κ3) is 2.09. The summed E-state index contributed by atoms with van der Waals surface area (Å²) < 4.78 is 0. The maximum atomic E-state index is 12.6. The van der Waals surface area contributed by atoms with Crippen molar-refractivity contribution < 1.29 is 9.59 Å². The number of hydrogen-bond donors (Lipinski definition) is 0. The number of anilines is 1. The van der Waals surface area contributed by atoms with E-state index in [4.69, 9.17) is 0 Å². The van der Waals surface area contributed by atoms with E-state index in [1.165, 1.54) is 0 Å². The highest BCUT2D eigenvalue weighted by atomic mass is 16.2. The van der Waals surface area contributed by atoms with Crippen LogP contribution in [0.25, 0.3) is 0 Å². The Morgan fingerprint density at radius 1 is 1.26 bits per heavy atom. The van der Waals surface area contributed by atoms with Gasteiger partial charge in [-0.15, -0.1) is 0 Å². The summed E-state index contributed by atoms with van der Waals surface area (Å²) in [6.45, 7) is 3.12. The highest BCUT2D eigenvalue weighted by Gasteiger charge is 2.39. The van der Waals surface area contributed by atoms with Crippen molar-refractivity contribution in [1.82, 2.24) is 9.88 Å². The Labute approximate surface area is 112 Å². The van der Waals surface area contributed by atoms with Crippen molar-refractivity contribution in [3.63, 3.8) is 0 Å². The molecule has 19 heavy (non-hydrogen) atoms. The average Bonchev–Trinajstić information content (AvgIpc) is 2.84. The Hall–Kier alpha value is -1.91. The zero-order valence-corrected chi connectivity index (χ0v) is 11.0. The standard InChI is InChI=1S/C14H17N3O2/c1-10-7-11(9-15-8-10)16-6-4-13(18)17-5-2-3-12(17)14(16)19/h7-9,12H,2-6H2,1H3. The highest BCUT2D eigenvalue weighted by Crippen LogP contribution is 2.26. The van der Waals surface area contributed by atoms with Gasteiger partial charge >= 0.3 is 0 Å². The molecule has 1 aromatic rings. The zero-order valence-electron chi connectivity index (χ0n) is 11.0. The third-order valence-corrected chi connectivity index (χ3v) is 3.85. The Kier molecular flexibility index (Phi) is 2.97. The van der Waals surface area contributed by atoms with Gasteiger partial charge in [-0.25, -0.2) is 0 Å². The van der Waals surface area contributed by atoms with Crippen molar-refractivity contribution in [3.05, 3.63) is 24.0 Å². The molecule has 2 aliphatic rings. The molecule has 0 spiro atoms.